The van der Waals surface area contributed by atoms with E-state index in [1.54, 1.807) is 0 Å². The molecule has 1 N–H and O–H groups in total. The van der Waals surface area contributed by atoms with Crippen molar-refractivity contribution >= 4 is 11.5 Å². The maximum Gasteiger partial charge on any atom is 0.187 e. The summed E-state index contributed by atoms with van der Waals surface area (Å²) in [6.45, 7) is 5.86. The Morgan fingerprint density at radius 1 is 0.947 bits per heavy atom. The molecule has 0 unspecified atom stereocenters. The van der Waals surface area contributed by atoms with Gasteiger partial charge >= 0.3 is 0 Å². The zero-order valence-corrected chi connectivity index (χ0v) is 11.6. The Balaban J connectivity index is 2.24. The summed E-state index contributed by atoms with van der Waals surface area (Å²) in [6, 6.07) is 17.4. The molecular formula is C17H19NO. The summed E-state index contributed by atoms with van der Waals surface area (Å²) in [5.41, 5.74) is 2.23. The minimum Gasteiger partial charge on any atom is -0.373 e. The highest BCUT2D eigenvalue weighted by Gasteiger charge is 2.28. The molecule has 98 valence electrons. The topological polar surface area (TPSA) is 29.1 Å². The van der Waals surface area contributed by atoms with Crippen LogP contribution in [0.15, 0.2) is 54.6 Å². The van der Waals surface area contributed by atoms with E-state index in [-0.39, 0.29) is 5.78 Å². The molecule has 0 aliphatic heterocycles. The molecule has 0 amide bonds. The van der Waals surface area contributed by atoms with E-state index in [9.17, 15) is 4.79 Å². The summed E-state index contributed by atoms with van der Waals surface area (Å²) in [5.74, 6) is 0.0938. The smallest absolute Gasteiger partial charge is 0.187 e. The van der Waals surface area contributed by atoms with Gasteiger partial charge in [0.15, 0.2) is 5.78 Å². The van der Waals surface area contributed by atoms with Crippen LogP contribution in [0.5, 0.6) is 0 Å². The van der Waals surface area contributed by atoms with Crippen molar-refractivity contribution < 1.29 is 4.79 Å². The first-order chi connectivity index (χ1) is 9.00. The molecule has 0 aliphatic carbocycles. The highest BCUT2D eigenvalue weighted by atomic mass is 16.1. The summed E-state index contributed by atoms with van der Waals surface area (Å²) < 4.78 is 0. The molecule has 0 radical (unpaired) electrons. The molecule has 0 fully saturated rings. The molecule has 19 heavy (non-hydrogen) atoms. The fraction of sp³-hybridized carbons (Fsp3) is 0.235. The number of benzene rings is 2. The van der Waals surface area contributed by atoms with Crippen molar-refractivity contribution in [2.45, 2.75) is 26.3 Å². The van der Waals surface area contributed by atoms with Crippen molar-refractivity contribution in [3.8, 4) is 0 Å². The fourth-order valence-corrected chi connectivity index (χ4v) is 2.06. The molecule has 0 saturated carbocycles. The van der Waals surface area contributed by atoms with Gasteiger partial charge in [-0.25, -0.2) is 0 Å². The number of anilines is 1. The third-order valence-electron chi connectivity index (χ3n) is 3.20. The molecule has 0 saturated heterocycles. The number of ketones is 1. The van der Waals surface area contributed by atoms with Gasteiger partial charge in [0.2, 0.25) is 0 Å². The molecule has 2 rings (SSSR count). The van der Waals surface area contributed by atoms with Crippen LogP contribution in [0.3, 0.4) is 0 Å². The summed E-state index contributed by atoms with van der Waals surface area (Å²) in [5, 5.41) is 3.34. The minimum atomic E-state index is -0.631. The zero-order valence-electron chi connectivity index (χ0n) is 11.6. The minimum absolute atomic E-state index is 0.0938. The first-order valence-electron chi connectivity index (χ1n) is 6.44. The molecule has 0 atom stereocenters. The Labute approximate surface area is 114 Å². The van der Waals surface area contributed by atoms with Crippen LogP contribution < -0.4 is 5.32 Å². The van der Waals surface area contributed by atoms with Crippen LogP contribution in [0, 0.1) is 6.92 Å². The van der Waals surface area contributed by atoms with Crippen LogP contribution >= 0.6 is 0 Å². The summed E-state index contributed by atoms with van der Waals surface area (Å²) in [7, 11) is 0. The van der Waals surface area contributed by atoms with E-state index in [2.05, 4.69) is 5.32 Å². The van der Waals surface area contributed by atoms with Gasteiger partial charge in [-0.15, -0.1) is 0 Å². The molecular weight excluding hydrogens is 234 g/mol. The number of aryl methyl sites for hydroxylation is 1. The standard InChI is InChI=1S/C17H19NO/c1-13-9-7-8-12-15(13)18-17(2,3)16(19)14-10-5-4-6-11-14/h4-12,18H,1-3H3. The van der Waals surface area contributed by atoms with Crippen molar-refractivity contribution in [1.82, 2.24) is 0 Å². The number of Topliss-reactive ketones (excluding diaryl/α,β-unsaturated/α-hetero) is 1. The van der Waals surface area contributed by atoms with Crippen LogP contribution in [0.4, 0.5) is 5.69 Å². The lowest BCUT2D eigenvalue weighted by molar-refractivity contribution is 0.0927. The van der Waals surface area contributed by atoms with Gasteiger partial charge in [0.05, 0.1) is 5.54 Å². The predicted octanol–water partition coefficient (Wildman–Crippen LogP) is 4.07. The number of carbonyl (C=O) groups excluding carboxylic acids is 1. The number of carbonyl (C=O) groups is 1. The van der Waals surface area contributed by atoms with E-state index in [0.29, 0.717) is 0 Å². The first kappa shape index (κ1) is 13.3. The van der Waals surface area contributed by atoms with Crippen LogP contribution in [-0.2, 0) is 0 Å². The number of nitrogens with one attached hydrogen (secondary N) is 1. The number of para-hydroxylation sites is 1. The summed E-state index contributed by atoms with van der Waals surface area (Å²) in [6.07, 6.45) is 0. The Morgan fingerprint density at radius 3 is 2.16 bits per heavy atom. The molecule has 0 bridgehead atoms. The number of hydrogen-bond donors (Lipinski definition) is 1. The lowest BCUT2D eigenvalue weighted by Gasteiger charge is -2.27. The van der Waals surface area contributed by atoms with Gasteiger partial charge < -0.3 is 5.32 Å². The van der Waals surface area contributed by atoms with Crippen LogP contribution in [0.2, 0.25) is 0 Å². The molecule has 2 nitrogen and oxygen atoms in total. The first-order valence-corrected chi connectivity index (χ1v) is 6.44. The monoisotopic (exact) mass is 253 g/mol. The predicted molar refractivity (Wildman–Crippen MR) is 79.7 cm³/mol. The Kier molecular flexibility index (Phi) is 3.70. The average molecular weight is 253 g/mol. The van der Waals surface area contributed by atoms with Gasteiger partial charge in [0.1, 0.15) is 0 Å². The van der Waals surface area contributed by atoms with Crippen LogP contribution in [0.1, 0.15) is 29.8 Å². The normalized spacial score (nSPS) is 11.1. The lowest BCUT2D eigenvalue weighted by Crippen LogP contribution is -2.40. The SMILES string of the molecule is Cc1ccccc1NC(C)(C)C(=O)c1ccccc1. The number of hydrogen-bond acceptors (Lipinski definition) is 2. The van der Waals surface area contributed by atoms with Gasteiger partial charge in [-0.2, -0.15) is 0 Å². The van der Waals surface area contributed by atoms with Gasteiger partial charge in [-0.1, -0.05) is 48.5 Å². The quantitative estimate of drug-likeness (QED) is 0.832. The third kappa shape index (κ3) is 3.02. The Morgan fingerprint density at radius 2 is 1.53 bits per heavy atom. The second-order valence-electron chi connectivity index (χ2n) is 5.26. The van der Waals surface area contributed by atoms with Gasteiger partial charge in [0.25, 0.3) is 0 Å². The molecule has 2 heteroatoms. The molecule has 0 aliphatic rings. The molecule has 0 aromatic heterocycles. The number of rotatable bonds is 4. The largest absolute Gasteiger partial charge is 0.373 e. The van der Waals surface area contributed by atoms with Crippen LogP contribution in [-0.4, -0.2) is 11.3 Å². The molecule has 0 spiro atoms. The Hall–Kier alpha value is -2.09. The van der Waals surface area contributed by atoms with Crippen molar-refractivity contribution in [1.29, 1.82) is 0 Å². The molecule has 2 aromatic carbocycles. The maximum absolute atomic E-state index is 12.5. The van der Waals surface area contributed by atoms with E-state index < -0.39 is 5.54 Å². The van der Waals surface area contributed by atoms with Crippen molar-refractivity contribution in [2.24, 2.45) is 0 Å². The summed E-state index contributed by atoms with van der Waals surface area (Å²) >= 11 is 0. The van der Waals surface area contributed by atoms with Gasteiger partial charge in [-0.05, 0) is 32.4 Å². The van der Waals surface area contributed by atoms with E-state index in [4.69, 9.17) is 0 Å². The van der Waals surface area contributed by atoms with Crippen LogP contribution in [0.25, 0.3) is 0 Å². The van der Waals surface area contributed by atoms with E-state index in [1.165, 1.54) is 0 Å². The second-order valence-corrected chi connectivity index (χ2v) is 5.26. The third-order valence-corrected chi connectivity index (χ3v) is 3.20. The average Bonchev–Trinajstić information content (AvgIpc) is 2.41. The highest BCUT2D eigenvalue weighted by Crippen LogP contribution is 2.22. The second kappa shape index (κ2) is 5.27. The van der Waals surface area contributed by atoms with Gasteiger partial charge in [-0.3, -0.25) is 4.79 Å². The maximum atomic E-state index is 12.5. The lowest BCUT2D eigenvalue weighted by atomic mass is 9.92. The fourth-order valence-electron chi connectivity index (χ4n) is 2.06. The van der Waals surface area contributed by atoms with Gasteiger partial charge in [0, 0.05) is 11.3 Å². The van der Waals surface area contributed by atoms with E-state index in [1.807, 2.05) is 75.4 Å². The van der Waals surface area contributed by atoms with Crippen molar-refractivity contribution in [3.63, 3.8) is 0 Å². The molecule has 2 aromatic rings. The Bertz CT molecular complexity index is 573. The van der Waals surface area contributed by atoms with E-state index in [0.717, 1.165) is 16.8 Å². The summed E-state index contributed by atoms with van der Waals surface area (Å²) in [4.78, 5) is 12.5. The van der Waals surface area contributed by atoms with E-state index >= 15 is 0 Å². The zero-order chi connectivity index (χ0) is 13.9. The van der Waals surface area contributed by atoms with Crippen molar-refractivity contribution in [3.05, 3.63) is 65.7 Å². The molecule has 0 heterocycles. The highest BCUT2D eigenvalue weighted by molar-refractivity contribution is 6.04. The van der Waals surface area contributed by atoms with Crippen molar-refractivity contribution in [2.75, 3.05) is 5.32 Å².